The summed E-state index contributed by atoms with van der Waals surface area (Å²) in [6.07, 6.45) is 59.2. The first kappa shape index (κ1) is 65.2. The van der Waals surface area contributed by atoms with Crippen molar-refractivity contribution in [3.63, 3.8) is 0 Å². The van der Waals surface area contributed by atoms with Crippen molar-refractivity contribution in [1.29, 1.82) is 0 Å². The van der Waals surface area contributed by atoms with Crippen LogP contribution in [0.5, 0.6) is 0 Å². The maximum atomic E-state index is 13.0. The first-order valence-corrected chi connectivity index (χ1v) is 29.4. The molecule has 9 heteroatoms. The number of ether oxygens (including phenoxy) is 2. The quantitative estimate of drug-likeness (QED) is 0.0261. The lowest BCUT2D eigenvalue weighted by Gasteiger charge is -2.40. The van der Waals surface area contributed by atoms with Gasteiger partial charge in [-0.15, -0.1) is 0 Å². The van der Waals surface area contributed by atoms with Crippen molar-refractivity contribution in [2.24, 2.45) is 0 Å². The van der Waals surface area contributed by atoms with E-state index in [2.05, 4.69) is 55.6 Å². The molecule has 1 aliphatic rings. The van der Waals surface area contributed by atoms with Crippen molar-refractivity contribution in [1.82, 2.24) is 5.32 Å². The third-order valence-corrected chi connectivity index (χ3v) is 13.9. The van der Waals surface area contributed by atoms with E-state index in [4.69, 9.17) is 9.47 Å². The third kappa shape index (κ3) is 39.4. The van der Waals surface area contributed by atoms with Gasteiger partial charge in [-0.3, -0.25) is 4.79 Å². The van der Waals surface area contributed by atoms with E-state index in [1.165, 1.54) is 186 Å². The Balaban J connectivity index is 2.20. The summed E-state index contributed by atoms with van der Waals surface area (Å²) in [5.41, 5.74) is 0. The highest BCUT2D eigenvalue weighted by Crippen LogP contribution is 2.23. The molecule has 0 aliphatic carbocycles. The Morgan fingerprint density at radius 2 is 0.826 bits per heavy atom. The van der Waals surface area contributed by atoms with E-state index in [1.807, 2.05) is 6.08 Å². The maximum absolute atomic E-state index is 13.0. The fraction of sp³-hybridized carbons (Fsp3) is 0.850. The standard InChI is InChI=1S/C60H111NO8/c1-3-5-7-9-11-13-15-17-19-20-21-22-23-24-25-26-27-28-29-30-31-32-33-34-35-36-37-39-41-43-45-47-49-54(63)53(52-68-60-59(67)58(66)57(65)55(51-62)69-60)61-56(64)50-48-46-44-42-40-38-18-16-14-12-10-8-6-4-2/h16,18,34-35,39,41,47,49,53-55,57-60,62-63,65-67H,3-15,17,19-33,36-38,40,42-46,48,50-52H2,1-2H3,(H,61,64)/b18-16-,35-34+,41-39+,49-47+. The van der Waals surface area contributed by atoms with Gasteiger partial charge in [-0.05, 0) is 70.6 Å². The van der Waals surface area contributed by atoms with Crippen molar-refractivity contribution < 1.29 is 39.8 Å². The molecule has 7 unspecified atom stereocenters. The molecular weight excluding hydrogens is 863 g/mol. The molecule has 0 aromatic carbocycles. The van der Waals surface area contributed by atoms with Crippen LogP contribution in [0.25, 0.3) is 0 Å². The average Bonchev–Trinajstić information content (AvgIpc) is 3.35. The number of aliphatic hydroxyl groups excluding tert-OH is 5. The number of rotatable bonds is 50. The highest BCUT2D eigenvalue weighted by molar-refractivity contribution is 5.76. The molecule has 404 valence electrons. The summed E-state index contributed by atoms with van der Waals surface area (Å²) >= 11 is 0. The Morgan fingerprint density at radius 1 is 0.478 bits per heavy atom. The summed E-state index contributed by atoms with van der Waals surface area (Å²) in [5, 5.41) is 54.4. The van der Waals surface area contributed by atoms with E-state index in [9.17, 15) is 30.3 Å². The molecule has 1 saturated heterocycles. The summed E-state index contributed by atoms with van der Waals surface area (Å²) in [5.74, 6) is -0.199. The smallest absolute Gasteiger partial charge is 0.220 e. The van der Waals surface area contributed by atoms with E-state index in [0.29, 0.717) is 6.42 Å². The van der Waals surface area contributed by atoms with Crippen LogP contribution >= 0.6 is 0 Å². The van der Waals surface area contributed by atoms with E-state index < -0.39 is 49.5 Å². The molecule has 0 saturated carbocycles. The normalized spacial score (nSPS) is 19.8. The predicted octanol–water partition coefficient (Wildman–Crippen LogP) is 14.5. The molecule has 1 aliphatic heterocycles. The number of amides is 1. The van der Waals surface area contributed by atoms with Crippen molar-refractivity contribution in [3.05, 3.63) is 48.6 Å². The second-order valence-electron chi connectivity index (χ2n) is 20.4. The summed E-state index contributed by atoms with van der Waals surface area (Å²) in [6, 6.07) is -0.833. The van der Waals surface area contributed by atoms with Gasteiger partial charge in [0.05, 0.1) is 25.4 Å². The van der Waals surface area contributed by atoms with Gasteiger partial charge in [0.25, 0.3) is 0 Å². The molecule has 1 amide bonds. The molecule has 0 bridgehead atoms. The summed E-state index contributed by atoms with van der Waals surface area (Å²) in [7, 11) is 0. The Bertz CT molecular complexity index is 1220. The average molecular weight is 975 g/mol. The molecule has 7 atom stereocenters. The van der Waals surface area contributed by atoms with Gasteiger partial charge in [-0.2, -0.15) is 0 Å². The maximum Gasteiger partial charge on any atom is 0.220 e. The monoisotopic (exact) mass is 974 g/mol. The number of hydrogen-bond acceptors (Lipinski definition) is 8. The second kappa shape index (κ2) is 49.7. The van der Waals surface area contributed by atoms with Gasteiger partial charge >= 0.3 is 0 Å². The van der Waals surface area contributed by atoms with Crippen molar-refractivity contribution in [3.8, 4) is 0 Å². The van der Waals surface area contributed by atoms with Gasteiger partial charge < -0.3 is 40.3 Å². The first-order valence-electron chi connectivity index (χ1n) is 29.4. The van der Waals surface area contributed by atoms with Gasteiger partial charge in [0.15, 0.2) is 6.29 Å². The number of unbranched alkanes of at least 4 members (excludes halogenated alkanes) is 34. The molecule has 1 heterocycles. The Labute approximate surface area is 424 Å². The van der Waals surface area contributed by atoms with Crippen LogP contribution in [0.4, 0.5) is 0 Å². The van der Waals surface area contributed by atoms with Gasteiger partial charge in [0.1, 0.15) is 24.4 Å². The van der Waals surface area contributed by atoms with Crippen LogP contribution in [-0.4, -0.2) is 87.5 Å². The topological polar surface area (TPSA) is 149 Å². The number of nitrogens with one attached hydrogen (secondary N) is 1. The van der Waals surface area contributed by atoms with Crippen LogP contribution in [0.2, 0.25) is 0 Å². The molecule has 0 aromatic heterocycles. The molecular formula is C60H111NO8. The van der Waals surface area contributed by atoms with E-state index in [1.54, 1.807) is 6.08 Å². The van der Waals surface area contributed by atoms with Crippen LogP contribution in [0.15, 0.2) is 48.6 Å². The minimum absolute atomic E-state index is 0.199. The number of allylic oxidation sites excluding steroid dienone is 7. The number of hydrogen-bond donors (Lipinski definition) is 6. The highest BCUT2D eigenvalue weighted by atomic mass is 16.7. The Kier molecular flexibility index (Phi) is 47.0. The molecule has 0 radical (unpaired) electrons. The molecule has 9 nitrogen and oxygen atoms in total. The van der Waals surface area contributed by atoms with Crippen LogP contribution in [0.3, 0.4) is 0 Å². The minimum Gasteiger partial charge on any atom is -0.394 e. The van der Waals surface area contributed by atoms with E-state index in [0.717, 1.165) is 64.2 Å². The highest BCUT2D eigenvalue weighted by Gasteiger charge is 2.44. The van der Waals surface area contributed by atoms with Gasteiger partial charge in [-0.25, -0.2) is 0 Å². The Morgan fingerprint density at radius 3 is 1.22 bits per heavy atom. The zero-order valence-electron chi connectivity index (χ0n) is 44.8. The SMILES string of the molecule is CCCCCCC/C=C\CCCCCCCC(=O)NC(COC1OC(CO)C(O)C(O)C1O)C(O)/C=C/CC/C=C/CC/C=C/CCCCCCCCCCCCCCCCCCCCCCCC. The summed E-state index contributed by atoms with van der Waals surface area (Å²) in [6.45, 7) is 3.76. The van der Waals surface area contributed by atoms with Crippen LogP contribution in [0.1, 0.15) is 271 Å². The van der Waals surface area contributed by atoms with Crippen LogP contribution in [-0.2, 0) is 14.3 Å². The number of carbonyl (C=O) groups excluding carboxylic acids is 1. The lowest BCUT2D eigenvalue weighted by Crippen LogP contribution is -2.60. The minimum atomic E-state index is -1.58. The lowest BCUT2D eigenvalue weighted by molar-refractivity contribution is -0.302. The molecule has 0 spiro atoms. The second-order valence-corrected chi connectivity index (χ2v) is 20.4. The molecule has 1 rings (SSSR count). The van der Waals surface area contributed by atoms with Crippen LogP contribution in [0, 0.1) is 0 Å². The molecule has 69 heavy (non-hydrogen) atoms. The number of aliphatic hydroxyl groups is 5. The summed E-state index contributed by atoms with van der Waals surface area (Å²) in [4.78, 5) is 13.0. The number of carbonyl (C=O) groups is 1. The van der Waals surface area contributed by atoms with E-state index >= 15 is 0 Å². The van der Waals surface area contributed by atoms with Crippen molar-refractivity contribution >= 4 is 5.91 Å². The third-order valence-electron chi connectivity index (χ3n) is 13.9. The molecule has 0 aromatic rings. The molecule has 6 N–H and O–H groups in total. The van der Waals surface area contributed by atoms with Gasteiger partial charge in [-0.1, -0.05) is 242 Å². The van der Waals surface area contributed by atoms with E-state index in [-0.39, 0.29) is 12.5 Å². The Hall–Kier alpha value is -1.85. The fourth-order valence-corrected chi connectivity index (χ4v) is 9.18. The lowest BCUT2D eigenvalue weighted by atomic mass is 9.99. The molecule has 1 fully saturated rings. The predicted molar refractivity (Wildman–Crippen MR) is 290 cm³/mol. The first-order chi connectivity index (χ1) is 33.8. The fourth-order valence-electron chi connectivity index (χ4n) is 9.18. The van der Waals surface area contributed by atoms with Crippen molar-refractivity contribution in [2.75, 3.05) is 13.2 Å². The largest absolute Gasteiger partial charge is 0.394 e. The van der Waals surface area contributed by atoms with Gasteiger partial charge in [0.2, 0.25) is 5.91 Å². The van der Waals surface area contributed by atoms with Crippen molar-refractivity contribution in [2.45, 2.75) is 314 Å². The summed E-state index contributed by atoms with van der Waals surface area (Å²) < 4.78 is 11.2. The van der Waals surface area contributed by atoms with Crippen LogP contribution < -0.4 is 5.32 Å². The van der Waals surface area contributed by atoms with Gasteiger partial charge in [0, 0.05) is 6.42 Å². The zero-order chi connectivity index (χ0) is 50.1. The zero-order valence-corrected chi connectivity index (χ0v) is 44.8.